The van der Waals surface area contributed by atoms with E-state index in [0.717, 1.165) is 104 Å². The fourth-order valence-electron chi connectivity index (χ4n) is 10.8. The number of ketones is 2. The van der Waals surface area contributed by atoms with Crippen LogP contribution in [0.4, 0.5) is 0 Å². The molecule has 0 saturated carbocycles. The van der Waals surface area contributed by atoms with Gasteiger partial charge < -0.3 is 29.8 Å². The molecule has 0 aromatic carbocycles. The van der Waals surface area contributed by atoms with Gasteiger partial charge in [-0.25, -0.2) is 14.6 Å². The zero-order valence-corrected chi connectivity index (χ0v) is 57.3. The first-order valence-electron chi connectivity index (χ1n) is 29.1. The molecule has 0 radical (unpaired) electrons. The van der Waals surface area contributed by atoms with Crippen LogP contribution in [0.25, 0.3) is 22.8 Å². The van der Waals surface area contributed by atoms with Crippen LogP contribution < -0.4 is 35.0 Å². The Morgan fingerprint density at radius 3 is 1.47 bits per heavy atom. The normalized spacial score (nSPS) is 13.2. The van der Waals surface area contributed by atoms with Crippen LogP contribution in [0.5, 0.6) is 0 Å². The summed E-state index contributed by atoms with van der Waals surface area (Å²) in [4.78, 5) is 114. The Kier molecular flexibility index (Phi) is 30.8. The predicted molar refractivity (Wildman–Crippen MR) is 363 cm³/mol. The maximum atomic E-state index is 12.4. The van der Waals surface area contributed by atoms with Gasteiger partial charge in [0.15, 0.2) is 28.7 Å². The van der Waals surface area contributed by atoms with Crippen molar-refractivity contribution < 1.29 is 62.9 Å². The van der Waals surface area contributed by atoms with E-state index in [4.69, 9.17) is 9.72 Å². The Morgan fingerprint density at radius 2 is 1.07 bits per heavy atom. The molecule has 19 nitrogen and oxygen atoms in total. The molecule has 0 unspecified atom stereocenters. The third-order valence-corrected chi connectivity index (χ3v) is 15.6. The number of ether oxygens (including phenoxy) is 1. The van der Waals surface area contributed by atoms with Crippen LogP contribution in [-0.2, 0) is 55.9 Å². The number of esters is 1. The van der Waals surface area contributed by atoms with Crippen molar-refractivity contribution in [2.75, 3.05) is 6.61 Å². The predicted octanol–water partition coefficient (Wildman–Crippen LogP) is 9.56. The van der Waals surface area contributed by atoms with Crippen LogP contribution in [0, 0.1) is 55.4 Å². The van der Waals surface area contributed by atoms with Crippen LogP contribution in [-0.4, -0.2) is 99.3 Å². The summed E-state index contributed by atoms with van der Waals surface area (Å²) in [6.07, 6.45) is 10.4. The summed E-state index contributed by atoms with van der Waals surface area (Å²) in [5, 5.41) is 12.1. The number of aromatic carboxylic acids is 1. The number of nitrogens with zero attached hydrogens (tertiary/aromatic N) is 7. The fraction of sp³-hybridized carbons (Fsp3) is 0.451. The van der Waals surface area contributed by atoms with Gasteiger partial charge in [0.05, 0.1) is 46.2 Å². The summed E-state index contributed by atoms with van der Waals surface area (Å²) < 4.78 is 8.84. The number of fused-ring (bicyclic) bond motifs is 7. The van der Waals surface area contributed by atoms with Crippen LogP contribution >= 0.6 is 12.4 Å². The van der Waals surface area contributed by atoms with Crippen molar-refractivity contribution in [3.8, 4) is 22.8 Å². The van der Waals surface area contributed by atoms with Gasteiger partial charge in [-0.15, -0.1) is 12.4 Å². The van der Waals surface area contributed by atoms with E-state index in [-0.39, 0.29) is 114 Å². The number of pyridine rings is 6. The first kappa shape index (κ1) is 84.2. The Balaban J connectivity index is 0.00000114. The molecule has 0 atom stereocenters. The van der Waals surface area contributed by atoms with E-state index in [9.17, 15) is 43.5 Å². The average Bonchev–Trinajstić information content (AvgIpc) is 0.750. The van der Waals surface area contributed by atoms with Gasteiger partial charge in [-0.1, -0.05) is 45.2 Å². The monoisotopic (exact) mass is 1280 g/mol. The number of rotatable bonds is 9. The van der Waals surface area contributed by atoms with Crippen molar-refractivity contribution in [3.63, 3.8) is 0 Å². The number of halogens is 1. The van der Waals surface area contributed by atoms with Gasteiger partial charge in [0.2, 0.25) is 5.91 Å². The molecule has 9 heterocycles. The number of nitrogens with one attached hydrogen (secondary N) is 1. The molecular weight excluding hydrogens is 1180 g/mol. The zero-order chi connectivity index (χ0) is 65.6. The Labute approximate surface area is 561 Å². The molecular formula is C71H96ClLiN8O11. The average molecular weight is 1280 g/mol. The van der Waals surface area contributed by atoms with Crippen molar-refractivity contribution in [1.82, 2.24) is 34.4 Å². The number of aldehydes is 1. The topological polar surface area (TPSA) is 282 Å². The van der Waals surface area contributed by atoms with Gasteiger partial charge in [0, 0.05) is 77.1 Å². The van der Waals surface area contributed by atoms with Gasteiger partial charge in [0.1, 0.15) is 16.8 Å². The molecule has 0 saturated heterocycles. The molecule has 494 valence electrons. The second-order valence-electron chi connectivity index (χ2n) is 25.2. The molecule has 92 heavy (non-hydrogen) atoms. The molecule has 6 aromatic rings. The van der Waals surface area contributed by atoms with E-state index < -0.39 is 22.9 Å². The molecule has 0 aliphatic carbocycles. The summed E-state index contributed by atoms with van der Waals surface area (Å²) in [7, 11) is 0. The van der Waals surface area contributed by atoms with Gasteiger partial charge in [-0.2, -0.15) is 0 Å². The second kappa shape index (κ2) is 33.7. The Bertz CT molecular complexity index is 3920. The van der Waals surface area contributed by atoms with E-state index >= 15 is 0 Å². The summed E-state index contributed by atoms with van der Waals surface area (Å²) in [6, 6.07) is 11.4. The number of aliphatic imine (C=N–C) groups is 1. The van der Waals surface area contributed by atoms with E-state index in [1.54, 1.807) is 20.0 Å². The number of carboxylic acid groups (broad SMARTS) is 1. The number of hydrogen-bond acceptors (Lipinski definition) is 15. The van der Waals surface area contributed by atoms with Crippen LogP contribution in [0.1, 0.15) is 209 Å². The molecule has 21 heteroatoms. The number of carbonyl (C=O) groups excluding carboxylic acids is 5. The first-order valence-corrected chi connectivity index (χ1v) is 29.1. The van der Waals surface area contributed by atoms with Gasteiger partial charge >= 0.3 is 30.8 Å². The van der Waals surface area contributed by atoms with E-state index in [1.807, 2.05) is 97.6 Å². The van der Waals surface area contributed by atoms with Crippen molar-refractivity contribution in [2.24, 2.45) is 4.99 Å². The first-order chi connectivity index (χ1) is 40.3. The van der Waals surface area contributed by atoms with E-state index in [1.165, 1.54) is 56.3 Å². The third-order valence-electron chi connectivity index (χ3n) is 15.6. The number of carbonyl (C=O) groups is 6. The smallest absolute Gasteiger partial charge is 0.870 e. The van der Waals surface area contributed by atoms with E-state index in [2.05, 4.69) is 78.1 Å². The minimum Gasteiger partial charge on any atom is -0.870 e. The molecule has 0 spiro atoms. The number of Topliss-reactive ketones (excluding diaryl/α,β-unsaturated/α-hetero) is 2. The van der Waals surface area contributed by atoms with Crippen molar-refractivity contribution in [3.05, 3.63) is 171 Å². The maximum Gasteiger partial charge on any atom is 1.00 e. The molecule has 0 bridgehead atoms. The zero-order valence-electron chi connectivity index (χ0n) is 56.5. The molecule has 3 aliphatic rings. The number of aryl methyl sites for hydroxylation is 8. The molecule has 9 rings (SSSR count). The third kappa shape index (κ3) is 20.6. The summed E-state index contributed by atoms with van der Waals surface area (Å²) in [5.41, 5.74) is 15.8. The SMILES string of the molecule is C.C.CC(=O)NC(C)(C)Cc1cc(C)c(C)nc1C=O.CC=C(C(C)=O)C(C)=O.CCOC(=O)c1cn2c(cc1=O)-c1nc(C)c(C)cc1CC2(C)C.Cc1cc2c(nc1C)-c1cc(=O)c(C(=O)O)cn1C(C)(C)C2.Cc1cc2c(nc1C)C=NC(C)(C)C2.Cl.[Li+].[OH-]. The van der Waals surface area contributed by atoms with Gasteiger partial charge in [-0.05, 0) is 209 Å². The number of allylic oxidation sites excluding steroid dienone is 2. The number of hydrogen-bond donors (Lipinski definition) is 2. The van der Waals surface area contributed by atoms with Crippen LogP contribution in [0.15, 0.2) is 75.0 Å². The Morgan fingerprint density at radius 1 is 0.652 bits per heavy atom. The molecule has 3 N–H and O–H groups in total. The van der Waals surface area contributed by atoms with Crippen molar-refractivity contribution >= 4 is 54.3 Å². The van der Waals surface area contributed by atoms with Gasteiger partial charge in [-0.3, -0.25) is 48.7 Å². The minimum atomic E-state index is -1.20. The summed E-state index contributed by atoms with van der Waals surface area (Å²) in [6.45, 7) is 40.3. The van der Waals surface area contributed by atoms with Crippen molar-refractivity contribution in [2.45, 2.75) is 208 Å². The molecule has 6 aromatic heterocycles. The quantitative estimate of drug-likeness (QED) is 0.0340. The standard InChI is InChI=1S/C19H22N2O3.C17H18N2O3.C14H20N2O2.C12H16N2.C7H10O2.2CH4.ClH.Li.H2O/c1-6-24-18(23)14-10-21-15(8-16(14)22)17-13(9-19(21,4)5)7-11(2)12(3)20-17;1-9-5-11-7-17(3,4)19-8-12(16(21)22)14(20)6-13(19)15(11)18-10(9)2;1-9-6-12(13(8-17)15-10(9)2)7-14(4,5)16-11(3)18;1-8-5-10-6-12(3,4)13-7-11(10)14-9(8)2;1-4-7(5(2)8)6(3)9;;;;;/h7-8,10H,6,9H2,1-5H3;5-6,8H,7H2,1-4H3,(H,21,22);6,8H,7H2,1-5H3,(H,16,18);5,7H,6H2,1-4H3;4H,1-3H3;2*1H4;1H;;1H2/q;;;;;;;;+1;/p-1. The fourth-order valence-corrected chi connectivity index (χ4v) is 10.8. The summed E-state index contributed by atoms with van der Waals surface area (Å²) >= 11 is 0. The Hall–Kier alpha value is -7.82. The largest absolute Gasteiger partial charge is 1.00 e. The molecule has 1 amide bonds. The number of amides is 1. The number of carboxylic acids is 1. The van der Waals surface area contributed by atoms with Gasteiger partial charge in [0.25, 0.3) is 0 Å². The summed E-state index contributed by atoms with van der Waals surface area (Å²) in [5.74, 6) is -2.18. The van der Waals surface area contributed by atoms with Crippen LogP contribution in [0.2, 0.25) is 0 Å². The maximum absolute atomic E-state index is 12.4. The number of aromatic nitrogens is 6. The molecule has 3 aliphatic heterocycles. The minimum absolute atomic E-state index is 0. The van der Waals surface area contributed by atoms with Crippen molar-refractivity contribution in [1.29, 1.82) is 0 Å². The molecule has 0 fully saturated rings. The second-order valence-corrected chi connectivity index (χ2v) is 25.2. The van der Waals surface area contributed by atoms with Crippen LogP contribution in [0.3, 0.4) is 0 Å². The van der Waals surface area contributed by atoms with E-state index in [0.29, 0.717) is 17.8 Å².